The highest BCUT2D eigenvalue weighted by molar-refractivity contribution is 6.42. The summed E-state index contributed by atoms with van der Waals surface area (Å²) in [7, 11) is 0. The first-order valence-corrected chi connectivity index (χ1v) is 8.34. The summed E-state index contributed by atoms with van der Waals surface area (Å²) in [6.07, 6.45) is 12.9. The number of ether oxygens (including phenoxy) is 1. The molecule has 0 aromatic heterocycles. The number of carbonyl (C=O) groups excluding carboxylic acids is 1. The largest absolute Gasteiger partial charge is 0.460 e. The summed E-state index contributed by atoms with van der Waals surface area (Å²) >= 11 is 6.24. The normalized spacial score (nSPS) is 48.5. The Morgan fingerprint density at radius 3 is 2.95 bits per heavy atom. The Balaban J connectivity index is 1.79. The van der Waals surface area contributed by atoms with E-state index in [0.29, 0.717) is 24.4 Å². The van der Waals surface area contributed by atoms with E-state index in [2.05, 4.69) is 32.4 Å². The lowest BCUT2D eigenvalue weighted by Gasteiger charge is -2.54. The molecule has 0 aromatic rings. The van der Waals surface area contributed by atoms with E-state index in [1.807, 2.05) is 0 Å². The molecule has 0 spiro atoms. The smallest absolute Gasteiger partial charge is 0.350 e. The van der Waals surface area contributed by atoms with E-state index >= 15 is 0 Å². The monoisotopic (exact) mass is 304 g/mol. The maximum absolute atomic E-state index is 11.7. The lowest BCUT2D eigenvalue weighted by atomic mass is 9.51. The minimum absolute atomic E-state index is 0.117. The van der Waals surface area contributed by atoms with E-state index < -0.39 is 0 Å². The van der Waals surface area contributed by atoms with Crippen molar-refractivity contribution in [1.29, 1.82) is 0 Å². The molecule has 0 aromatic carbocycles. The van der Waals surface area contributed by atoms with Crippen LogP contribution in [0, 0.1) is 35.0 Å². The van der Waals surface area contributed by atoms with Gasteiger partial charge in [0.25, 0.3) is 0 Å². The molecule has 4 aliphatic rings. The van der Waals surface area contributed by atoms with Crippen LogP contribution >= 0.6 is 11.6 Å². The Labute approximate surface area is 131 Å². The molecule has 1 aliphatic heterocycles. The molecule has 5 unspecified atom stereocenters. The van der Waals surface area contributed by atoms with E-state index in [0.717, 1.165) is 18.4 Å². The van der Waals surface area contributed by atoms with Gasteiger partial charge >= 0.3 is 5.97 Å². The third kappa shape index (κ3) is 1.75. The van der Waals surface area contributed by atoms with E-state index in [9.17, 15) is 4.79 Å². The molecule has 0 amide bonds. The van der Waals surface area contributed by atoms with Crippen LogP contribution in [0.15, 0.2) is 22.8 Å². The van der Waals surface area contributed by atoms with E-state index in [4.69, 9.17) is 16.3 Å². The zero-order chi connectivity index (χ0) is 14.8. The van der Waals surface area contributed by atoms with Gasteiger partial charge in [-0.2, -0.15) is 0 Å². The second kappa shape index (κ2) is 4.38. The van der Waals surface area contributed by atoms with Gasteiger partial charge in [-0.15, -0.1) is 0 Å². The van der Waals surface area contributed by atoms with Crippen molar-refractivity contribution in [2.24, 2.45) is 28.6 Å². The maximum Gasteiger partial charge on any atom is 0.350 e. The number of halogens is 1. The number of carbonyl (C=O) groups is 1. The van der Waals surface area contributed by atoms with Gasteiger partial charge in [0, 0.05) is 5.41 Å². The quantitative estimate of drug-likeness (QED) is 0.629. The molecule has 5 atom stereocenters. The second-order valence-corrected chi connectivity index (χ2v) is 7.92. The molecule has 4 rings (SSSR count). The average molecular weight is 305 g/mol. The standard InChI is InChI=1S/C18H21ClO2/c1-17-8-3-4-12(17)11-5-6-14-15(19)16(20)21-10-18(14,2)13(11)7-9-17/h5-6,11-13H,3-4,7,9-10H2,1-2H3. The van der Waals surface area contributed by atoms with Gasteiger partial charge in [-0.3, -0.25) is 0 Å². The summed E-state index contributed by atoms with van der Waals surface area (Å²) in [6, 6.07) is 0. The summed E-state index contributed by atoms with van der Waals surface area (Å²) in [5.41, 5.74) is 1.16. The highest BCUT2D eigenvalue weighted by atomic mass is 35.5. The molecule has 1 heterocycles. The third-order valence-electron chi connectivity index (χ3n) is 6.54. The van der Waals surface area contributed by atoms with Crippen LogP contribution in [0.3, 0.4) is 0 Å². The summed E-state index contributed by atoms with van der Waals surface area (Å²) < 4.78 is 5.37. The molecule has 112 valence electrons. The van der Waals surface area contributed by atoms with Gasteiger partial charge in [0.2, 0.25) is 0 Å². The molecule has 2 saturated carbocycles. The molecular formula is C18H21ClO2. The molecular weight excluding hydrogens is 284 g/mol. The highest BCUT2D eigenvalue weighted by Crippen LogP contribution is 2.62. The third-order valence-corrected chi connectivity index (χ3v) is 6.90. The zero-order valence-electron chi connectivity index (χ0n) is 12.6. The molecule has 0 N–H and O–H groups in total. The lowest BCUT2D eigenvalue weighted by molar-refractivity contribution is -0.146. The molecule has 2 radical (unpaired) electrons. The van der Waals surface area contributed by atoms with Gasteiger partial charge in [-0.25, -0.2) is 4.79 Å². The number of esters is 1. The summed E-state index contributed by atoms with van der Waals surface area (Å²) in [5.74, 6) is 1.41. The zero-order valence-corrected chi connectivity index (χ0v) is 13.4. The predicted molar refractivity (Wildman–Crippen MR) is 81.4 cm³/mol. The number of hydrogen-bond acceptors (Lipinski definition) is 2. The second-order valence-electron chi connectivity index (χ2n) is 7.54. The number of rotatable bonds is 0. The van der Waals surface area contributed by atoms with Crippen LogP contribution in [0.1, 0.15) is 39.5 Å². The summed E-state index contributed by atoms with van der Waals surface area (Å²) in [5, 5.41) is 0.288. The van der Waals surface area contributed by atoms with Crippen LogP contribution in [0.2, 0.25) is 0 Å². The highest BCUT2D eigenvalue weighted by Gasteiger charge is 2.56. The van der Waals surface area contributed by atoms with Crippen molar-refractivity contribution in [1.82, 2.24) is 0 Å². The topological polar surface area (TPSA) is 26.3 Å². The molecule has 2 fully saturated rings. The van der Waals surface area contributed by atoms with Crippen LogP contribution < -0.4 is 0 Å². The minimum atomic E-state index is -0.365. The van der Waals surface area contributed by atoms with E-state index in [1.165, 1.54) is 12.8 Å². The van der Waals surface area contributed by atoms with Gasteiger partial charge in [0.15, 0.2) is 0 Å². The molecule has 0 bridgehead atoms. The number of fused-ring (bicyclic) bond motifs is 5. The van der Waals surface area contributed by atoms with E-state index in [1.54, 1.807) is 0 Å². The maximum atomic E-state index is 11.7. The number of cyclic esters (lactones) is 1. The fraction of sp³-hybridized carbons (Fsp3) is 0.667. The van der Waals surface area contributed by atoms with Crippen molar-refractivity contribution in [2.75, 3.05) is 6.61 Å². The van der Waals surface area contributed by atoms with Gasteiger partial charge in [0.1, 0.15) is 11.6 Å². The fourth-order valence-electron chi connectivity index (χ4n) is 5.29. The Morgan fingerprint density at radius 2 is 2.14 bits per heavy atom. The Bertz CT molecular complexity index is 564. The molecule has 2 nitrogen and oxygen atoms in total. The Kier molecular flexibility index (Phi) is 2.89. The van der Waals surface area contributed by atoms with Crippen LogP contribution in [-0.4, -0.2) is 12.6 Å². The lowest BCUT2D eigenvalue weighted by Crippen LogP contribution is -2.50. The van der Waals surface area contributed by atoms with Crippen molar-refractivity contribution in [2.45, 2.75) is 39.5 Å². The van der Waals surface area contributed by atoms with E-state index in [-0.39, 0.29) is 21.8 Å². The molecule has 0 saturated heterocycles. The van der Waals surface area contributed by atoms with Gasteiger partial charge in [-0.05, 0) is 60.8 Å². The SMILES string of the molecule is CC12[C]CCC1C1C=CC3=C(Cl)C(=O)OCC3(C)C1CC2. The van der Waals surface area contributed by atoms with Crippen molar-refractivity contribution >= 4 is 17.6 Å². The fourth-order valence-corrected chi connectivity index (χ4v) is 5.62. The molecule has 3 aliphatic carbocycles. The average Bonchev–Trinajstić information content (AvgIpc) is 2.85. The van der Waals surface area contributed by atoms with Crippen molar-refractivity contribution in [3.8, 4) is 0 Å². The van der Waals surface area contributed by atoms with Crippen LogP contribution in [-0.2, 0) is 9.53 Å². The number of allylic oxidation sites excluding steroid dienone is 2. The number of hydrogen-bond donors (Lipinski definition) is 0. The van der Waals surface area contributed by atoms with Crippen molar-refractivity contribution in [3.05, 3.63) is 29.2 Å². The Morgan fingerprint density at radius 1 is 1.33 bits per heavy atom. The minimum Gasteiger partial charge on any atom is -0.460 e. The first-order valence-electron chi connectivity index (χ1n) is 7.96. The first-order chi connectivity index (χ1) is 9.96. The van der Waals surface area contributed by atoms with Gasteiger partial charge in [0.05, 0.1) is 0 Å². The van der Waals surface area contributed by atoms with Crippen LogP contribution in [0.25, 0.3) is 0 Å². The van der Waals surface area contributed by atoms with Crippen molar-refractivity contribution < 1.29 is 9.53 Å². The predicted octanol–water partition coefficient (Wildman–Crippen LogP) is 4.14. The van der Waals surface area contributed by atoms with Crippen molar-refractivity contribution in [3.63, 3.8) is 0 Å². The summed E-state index contributed by atoms with van der Waals surface area (Å²) in [6.45, 7) is 5.07. The summed E-state index contributed by atoms with van der Waals surface area (Å²) in [4.78, 5) is 11.7. The first kappa shape index (κ1) is 13.9. The Hall–Kier alpha value is -0.760. The van der Waals surface area contributed by atoms with Gasteiger partial charge in [-0.1, -0.05) is 37.6 Å². The molecule has 21 heavy (non-hydrogen) atoms. The van der Waals surface area contributed by atoms with Crippen LogP contribution in [0.4, 0.5) is 0 Å². The van der Waals surface area contributed by atoms with Crippen LogP contribution in [0.5, 0.6) is 0 Å². The molecule has 3 heteroatoms. The van der Waals surface area contributed by atoms with Gasteiger partial charge < -0.3 is 4.74 Å².